The average Bonchev–Trinajstić information content (AvgIpc) is 2.39. The third kappa shape index (κ3) is 3.98. The monoisotopic (exact) mass is 250 g/mol. The molecule has 1 aromatic rings. The van der Waals surface area contributed by atoms with Crippen LogP contribution in [0.1, 0.15) is 58.6 Å². The Labute approximate surface area is 111 Å². The lowest BCUT2D eigenvalue weighted by Crippen LogP contribution is -2.34. The first-order chi connectivity index (χ1) is 8.60. The fourth-order valence-corrected chi connectivity index (χ4v) is 1.96. The molecule has 1 rings (SSSR count). The Morgan fingerprint density at radius 2 is 2.06 bits per heavy atom. The molecule has 1 heterocycles. The Balaban J connectivity index is 2.93. The molecule has 1 unspecified atom stereocenters. The second kappa shape index (κ2) is 7.37. The summed E-state index contributed by atoms with van der Waals surface area (Å²) in [6.07, 6.45) is 4.81. The van der Waals surface area contributed by atoms with Crippen molar-refractivity contribution in [2.45, 2.75) is 59.1 Å². The van der Waals surface area contributed by atoms with Gasteiger partial charge in [0.05, 0.1) is 6.10 Å². The molecule has 0 aromatic carbocycles. The maximum Gasteiger partial charge on any atom is 0.129 e. The Morgan fingerprint density at radius 1 is 1.33 bits per heavy atom. The fraction of sp³-hybridized carbons (Fsp3) is 0.667. The maximum atomic E-state index is 9.66. The third-order valence-corrected chi connectivity index (χ3v) is 3.42. The van der Waals surface area contributed by atoms with Crippen LogP contribution in [0.4, 0.5) is 5.82 Å². The van der Waals surface area contributed by atoms with Gasteiger partial charge in [-0.2, -0.15) is 0 Å². The number of pyridine rings is 1. The lowest BCUT2D eigenvalue weighted by molar-refractivity contribution is 0.199. The van der Waals surface area contributed by atoms with E-state index in [2.05, 4.69) is 30.7 Å². The molecule has 0 aliphatic rings. The molecule has 0 saturated heterocycles. The zero-order chi connectivity index (χ0) is 13.5. The molecule has 3 nitrogen and oxygen atoms in total. The third-order valence-electron chi connectivity index (χ3n) is 3.42. The molecular formula is C15H26N2O. The van der Waals surface area contributed by atoms with Crippen molar-refractivity contribution < 1.29 is 5.11 Å². The van der Waals surface area contributed by atoms with Crippen LogP contribution in [-0.4, -0.2) is 22.7 Å². The zero-order valence-electron chi connectivity index (χ0n) is 12.1. The van der Waals surface area contributed by atoms with E-state index in [9.17, 15) is 5.11 Å². The summed E-state index contributed by atoms with van der Waals surface area (Å²) in [5, 5.41) is 9.66. The molecule has 0 fully saturated rings. The summed E-state index contributed by atoms with van der Waals surface area (Å²) >= 11 is 0. The molecule has 1 aromatic heterocycles. The van der Waals surface area contributed by atoms with Gasteiger partial charge in [0.15, 0.2) is 0 Å². The van der Waals surface area contributed by atoms with E-state index < -0.39 is 6.10 Å². The minimum Gasteiger partial charge on any atom is -0.389 e. The number of anilines is 1. The van der Waals surface area contributed by atoms with Crippen LogP contribution >= 0.6 is 0 Å². The van der Waals surface area contributed by atoms with Crippen LogP contribution in [-0.2, 0) is 0 Å². The number of aromatic nitrogens is 1. The number of aliphatic hydroxyl groups is 1. The fourth-order valence-electron chi connectivity index (χ4n) is 1.96. The lowest BCUT2D eigenvalue weighted by atomic mass is 10.1. The molecule has 3 heteroatoms. The number of nitrogens with zero attached hydrogens (tertiary/aromatic N) is 2. The highest BCUT2D eigenvalue weighted by Gasteiger charge is 2.14. The molecule has 18 heavy (non-hydrogen) atoms. The summed E-state index contributed by atoms with van der Waals surface area (Å²) in [5.41, 5.74) is 0.935. The Morgan fingerprint density at radius 3 is 2.61 bits per heavy atom. The van der Waals surface area contributed by atoms with E-state index in [0.717, 1.165) is 24.3 Å². The van der Waals surface area contributed by atoms with Gasteiger partial charge in [0.2, 0.25) is 0 Å². The normalized spacial score (nSPS) is 14.3. The zero-order valence-corrected chi connectivity index (χ0v) is 12.1. The summed E-state index contributed by atoms with van der Waals surface area (Å²) in [6.45, 7) is 9.45. The first kappa shape index (κ1) is 15.0. The highest BCUT2D eigenvalue weighted by molar-refractivity contribution is 5.42. The minimum atomic E-state index is -0.434. The molecule has 0 aliphatic heterocycles. The van der Waals surface area contributed by atoms with E-state index in [0.29, 0.717) is 6.04 Å². The molecule has 1 N–H and O–H groups in total. The predicted octanol–water partition coefficient (Wildman–Crippen LogP) is 3.54. The van der Waals surface area contributed by atoms with Gasteiger partial charge in [-0.3, -0.25) is 0 Å². The van der Waals surface area contributed by atoms with E-state index in [1.54, 1.807) is 13.1 Å². The standard InChI is InChI=1S/C15H26N2O/c1-5-7-10-17(12(3)6-2)15-11-14(13(4)18)8-9-16-15/h8-9,11-13,18H,5-7,10H2,1-4H3/t12?,13-/m1/s1. The van der Waals surface area contributed by atoms with Crippen molar-refractivity contribution in [2.75, 3.05) is 11.4 Å². The van der Waals surface area contributed by atoms with Gasteiger partial charge in [0.25, 0.3) is 0 Å². The SMILES string of the molecule is CCCCN(c1cc([C@@H](C)O)ccn1)C(C)CC. The summed E-state index contributed by atoms with van der Waals surface area (Å²) < 4.78 is 0. The van der Waals surface area contributed by atoms with Crippen LogP contribution < -0.4 is 4.90 Å². The van der Waals surface area contributed by atoms with Crippen molar-refractivity contribution in [3.05, 3.63) is 23.9 Å². The average molecular weight is 250 g/mol. The molecule has 0 radical (unpaired) electrons. The van der Waals surface area contributed by atoms with E-state index in [4.69, 9.17) is 0 Å². The number of unbranched alkanes of at least 4 members (excludes halogenated alkanes) is 1. The summed E-state index contributed by atoms with van der Waals surface area (Å²) in [7, 11) is 0. The van der Waals surface area contributed by atoms with Crippen LogP contribution in [0, 0.1) is 0 Å². The van der Waals surface area contributed by atoms with Gasteiger partial charge in [-0.1, -0.05) is 20.3 Å². The van der Waals surface area contributed by atoms with Crippen LogP contribution in [0.5, 0.6) is 0 Å². The molecule has 0 bridgehead atoms. The first-order valence-electron chi connectivity index (χ1n) is 7.00. The molecule has 102 valence electrons. The molecule has 0 spiro atoms. The second-order valence-electron chi connectivity index (χ2n) is 4.93. The summed E-state index contributed by atoms with van der Waals surface area (Å²) in [4.78, 5) is 6.80. The van der Waals surface area contributed by atoms with Crippen molar-refractivity contribution in [1.82, 2.24) is 4.98 Å². The van der Waals surface area contributed by atoms with Crippen molar-refractivity contribution in [1.29, 1.82) is 0 Å². The number of hydrogen-bond donors (Lipinski definition) is 1. The minimum absolute atomic E-state index is 0.434. The molecule has 0 aliphatic carbocycles. The van der Waals surface area contributed by atoms with Crippen molar-refractivity contribution >= 4 is 5.82 Å². The smallest absolute Gasteiger partial charge is 0.129 e. The Kier molecular flexibility index (Phi) is 6.13. The van der Waals surface area contributed by atoms with E-state index in [-0.39, 0.29) is 0 Å². The lowest BCUT2D eigenvalue weighted by Gasteiger charge is -2.30. The van der Waals surface area contributed by atoms with Gasteiger partial charge >= 0.3 is 0 Å². The molecule has 2 atom stereocenters. The van der Waals surface area contributed by atoms with Gasteiger partial charge in [0.1, 0.15) is 5.82 Å². The quantitative estimate of drug-likeness (QED) is 0.804. The van der Waals surface area contributed by atoms with Crippen molar-refractivity contribution in [3.8, 4) is 0 Å². The van der Waals surface area contributed by atoms with Gasteiger partial charge in [-0.05, 0) is 44.4 Å². The van der Waals surface area contributed by atoms with Gasteiger partial charge in [-0.15, -0.1) is 0 Å². The van der Waals surface area contributed by atoms with Crippen LogP contribution in [0.3, 0.4) is 0 Å². The second-order valence-corrected chi connectivity index (χ2v) is 4.93. The van der Waals surface area contributed by atoms with Crippen molar-refractivity contribution in [2.24, 2.45) is 0 Å². The van der Waals surface area contributed by atoms with Gasteiger partial charge in [-0.25, -0.2) is 4.98 Å². The maximum absolute atomic E-state index is 9.66. The van der Waals surface area contributed by atoms with Crippen LogP contribution in [0.2, 0.25) is 0 Å². The largest absolute Gasteiger partial charge is 0.389 e. The Hall–Kier alpha value is -1.09. The highest BCUT2D eigenvalue weighted by atomic mass is 16.3. The van der Waals surface area contributed by atoms with Gasteiger partial charge in [0, 0.05) is 18.8 Å². The number of rotatable bonds is 7. The first-order valence-corrected chi connectivity index (χ1v) is 7.00. The predicted molar refractivity (Wildman–Crippen MR) is 76.9 cm³/mol. The number of hydrogen-bond acceptors (Lipinski definition) is 3. The van der Waals surface area contributed by atoms with Gasteiger partial charge < -0.3 is 10.0 Å². The van der Waals surface area contributed by atoms with Crippen molar-refractivity contribution in [3.63, 3.8) is 0 Å². The highest BCUT2D eigenvalue weighted by Crippen LogP contribution is 2.21. The van der Waals surface area contributed by atoms with E-state index >= 15 is 0 Å². The summed E-state index contributed by atoms with van der Waals surface area (Å²) in [6, 6.07) is 4.36. The topological polar surface area (TPSA) is 36.4 Å². The van der Waals surface area contributed by atoms with E-state index in [1.165, 1.54) is 12.8 Å². The van der Waals surface area contributed by atoms with Crippen LogP contribution in [0.15, 0.2) is 18.3 Å². The number of aliphatic hydroxyl groups excluding tert-OH is 1. The Bertz CT molecular complexity index is 352. The molecular weight excluding hydrogens is 224 g/mol. The molecule has 0 amide bonds. The summed E-state index contributed by atoms with van der Waals surface area (Å²) in [5.74, 6) is 0.983. The molecule has 0 saturated carbocycles. The van der Waals surface area contributed by atoms with Crippen LogP contribution in [0.25, 0.3) is 0 Å². The van der Waals surface area contributed by atoms with E-state index in [1.807, 2.05) is 12.1 Å².